The van der Waals surface area contributed by atoms with Crippen LogP contribution in [0.2, 0.25) is 0 Å². The van der Waals surface area contributed by atoms with E-state index in [0.29, 0.717) is 19.5 Å². The third kappa shape index (κ3) is 2.72. The Balaban J connectivity index is 1.67. The van der Waals surface area contributed by atoms with E-state index in [0.717, 1.165) is 23.6 Å². The normalized spacial score (nSPS) is 23.3. The predicted molar refractivity (Wildman–Crippen MR) is 71.7 cm³/mol. The number of β-amino-alcohol motifs (C(OH)–C–C–N with tert-alkyl or cyclic N) is 1. The highest BCUT2D eigenvalue weighted by Gasteiger charge is 2.35. The van der Waals surface area contributed by atoms with Crippen LogP contribution in [0, 0.1) is 0 Å². The molecule has 0 spiro atoms. The van der Waals surface area contributed by atoms with Gasteiger partial charge in [-0.2, -0.15) is 0 Å². The van der Waals surface area contributed by atoms with Gasteiger partial charge in [0.05, 0.1) is 13.2 Å². The van der Waals surface area contributed by atoms with E-state index in [-0.39, 0.29) is 6.61 Å². The summed E-state index contributed by atoms with van der Waals surface area (Å²) in [7, 11) is 0. The van der Waals surface area contributed by atoms with Crippen molar-refractivity contribution in [2.24, 2.45) is 0 Å². The molecule has 0 radical (unpaired) electrons. The van der Waals surface area contributed by atoms with Crippen molar-refractivity contribution in [2.45, 2.75) is 18.6 Å². The first kappa shape index (κ1) is 13.2. The SMILES string of the molecule is OC[C@@]1(O)CCN(Cc2cc(-c3ccncc3)no2)C1. The van der Waals surface area contributed by atoms with Crippen LogP contribution in [0.4, 0.5) is 0 Å². The van der Waals surface area contributed by atoms with Crippen LogP contribution >= 0.6 is 0 Å². The summed E-state index contributed by atoms with van der Waals surface area (Å²) in [6.45, 7) is 1.57. The van der Waals surface area contributed by atoms with E-state index in [4.69, 9.17) is 9.63 Å². The van der Waals surface area contributed by atoms with Gasteiger partial charge in [-0.15, -0.1) is 0 Å². The Morgan fingerprint density at radius 3 is 2.85 bits per heavy atom. The lowest BCUT2D eigenvalue weighted by molar-refractivity contribution is -0.00627. The fraction of sp³-hybridized carbons (Fsp3) is 0.429. The Labute approximate surface area is 116 Å². The molecule has 2 aromatic heterocycles. The highest BCUT2D eigenvalue weighted by atomic mass is 16.5. The highest BCUT2D eigenvalue weighted by Crippen LogP contribution is 2.24. The third-order valence-corrected chi connectivity index (χ3v) is 3.62. The van der Waals surface area contributed by atoms with E-state index >= 15 is 0 Å². The van der Waals surface area contributed by atoms with Crippen LogP contribution < -0.4 is 0 Å². The van der Waals surface area contributed by atoms with E-state index in [9.17, 15) is 5.11 Å². The number of hydrogen-bond acceptors (Lipinski definition) is 6. The first-order valence-electron chi connectivity index (χ1n) is 6.60. The molecule has 0 bridgehead atoms. The molecule has 0 aromatic carbocycles. The fourth-order valence-electron chi connectivity index (χ4n) is 2.47. The quantitative estimate of drug-likeness (QED) is 0.853. The van der Waals surface area contributed by atoms with Crippen molar-refractivity contribution in [1.29, 1.82) is 0 Å². The summed E-state index contributed by atoms with van der Waals surface area (Å²) in [4.78, 5) is 6.02. The number of rotatable bonds is 4. The number of hydrogen-bond donors (Lipinski definition) is 2. The van der Waals surface area contributed by atoms with Crippen LogP contribution in [0.25, 0.3) is 11.3 Å². The van der Waals surface area contributed by atoms with Crippen LogP contribution in [0.15, 0.2) is 35.1 Å². The lowest BCUT2D eigenvalue weighted by Gasteiger charge is -2.19. The van der Waals surface area contributed by atoms with E-state index in [1.807, 2.05) is 23.1 Å². The molecular weight excluding hydrogens is 258 g/mol. The van der Waals surface area contributed by atoms with Crippen molar-refractivity contribution in [3.8, 4) is 11.3 Å². The fourth-order valence-corrected chi connectivity index (χ4v) is 2.47. The van der Waals surface area contributed by atoms with Crippen LogP contribution in [0.5, 0.6) is 0 Å². The van der Waals surface area contributed by atoms with Crippen molar-refractivity contribution >= 4 is 0 Å². The van der Waals surface area contributed by atoms with E-state index in [1.165, 1.54) is 0 Å². The minimum Gasteiger partial charge on any atom is -0.393 e. The van der Waals surface area contributed by atoms with Gasteiger partial charge in [0.1, 0.15) is 11.3 Å². The van der Waals surface area contributed by atoms with Crippen molar-refractivity contribution < 1.29 is 14.7 Å². The largest absolute Gasteiger partial charge is 0.393 e. The van der Waals surface area contributed by atoms with Crippen molar-refractivity contribution in [1.82, 2.24) is 15.0 Å². The monoisotopic (exact) mass is 275 g/mol. The Bertz CT molecular complexity index is 572. The predicted octanol–water partition coefficient (Wildman–Crippen LogP) is 0.666. The van der Waals surface area contributed by atoms with E-state index in [2.05, 4.69) is 10.1 Å². The van der Waals surface area contributed by atoms with Gasteiger partial charge in [0.15, 0.2) is 5.76 Å². The number of pyridine rings is 1. The highest BCUT2D eigenvalue weighted by molar-refractivity contribution is 5.57. The standard InChI is InChI=1S/C14H17N3O3/c18-10-14(19)3-6-17(9-14)8-12-7-13(16-20-12)11-1-4-15-5-2-11/h1-2,4-5,7,18-19H,3,6,8-10H2/t14-/m1/s1. The number of nitrogens with zero attached hydrogens (tertiary/aromatic N) is 3. The van der Waals surface area contributed by atoms with Gasteiger partial charge >= 0.3 is 0 Å². The Morgan fingerprint density at radius 1 is 1.35 bits per heavy atom. The Hall–Kier alpha value is -1.76. The molecule has 1 fully saturated rings. The number of aliphatic hydroxyl groups excluding tert-OH is 1. The van der Waals surface area contributed by atoms with Gasteiger partial charge in [0.25, 0.3) is 0 Å². The van der Waals surface area contributed by atoms with Gasteiger partial charge in [0.2, 0.25) is 0 Å². The van der Waals surface area contributed by atoms with Crippen molar-refractivity contribution in [2.75, 3.05) is 19.7 Å². The molecule has 1 aliphatic rings. The first-order chi connectivity index (χ1) is 9.68. The van der Waals surface area contributed by atoms with Crippen molar-refractivity contribution in [3.63, 3.8) is 0 Å². The smallest absolute Gasteiger partial charge is 0.151 e. The molecule has 20 heavy (non-hydrogen) atoms. The maximum Gasteiger partial charge on any atom is 0.151 e. The van der Waals surface area contributed by atoms with Crippen LogP contribution in [0.3, 0.4) is 0 Å². The lowest BCUT2D eigenvalue weighted by atomic mass is 10.1. The van der Waals surface area contributed by atoms with Gasteiger partial charge in [-0.1, -0.05) is 5.16 Å². The summed E-state index contributed by atoms with van der Waals surface area (Å²) in [6.07, 6.45) is 4.01. The second kappa shape index (κ2) is 5.32. The van der Waals surface area contributed by atoms with Gasteiger partial charge in [-0.05, 0) is 18.6 Å². The first-order valence-corrected chi connectivity index (χ1v) is 6.60. The summed E-state index contributed by atoms with van der Waals surface area (Å²) in [5.74, 6) is 0.749. The van der Waals surface area contributed by atoms with Gasteiger partial charge in [-0.25, -0.2) is 0 Å². The summed E-state index contributed by atoms with van der Waals surface area (Å²) in [5.41, 5.74) is 0.760. The maximum atomic E-state index is 9.99. The number of likely N-dealkylation sites (tertiary alicyclic amines) is 1. The molecular formula is C14H17N3O3. The number of aliphatic hydroxyl groups is 2. The molecule has 0 aliphatic carbocycles. The molecule has 0 saturated carbocycles. The van der Waals surface area contributed by atoms with E-state index < -0.39 is 5.60 Å². The minimum absolute atomic E-state index is 0.206. The zero-order valence-corrected chi connectivity index (χ0v) is 11.1. The second-order valence-electron chi connectivity index (χ2n) is 5.26. The van der Waals surface area contributed by atoms with Gasteiger partial charge in [-0.3, -0.25) is 9.88 Å². The molecule has 6 nitrogen and oxygen atoms in total. The van der Waals surface area contributed by atoms with Crippen LogP contribution in [-0.2, 0) is 6.54 Å². The summed E-state index contributed by atoms with van der Waals surface area (Å²) in [6, 6.07) is 5.65. The summed E-state index contributed by atoms with van der Waals surface area (Å²) in [5, 5.41) is 23.2. The zero-order chi connectivity index (χ0) is 14.0. The molecule has 3 rings (SSSR count). The Morgan fingerprint density at radius 2 is 2.15 bits per heavy atom. The van der Waals surface area contributed by atoms with Gasteiger partial charge < -0.3 is 14.7 Å². The lowest BCUT2D eigenvalue weighted by Crippen LogP contribution is -2.36. The second-order valence-corrected chi connectivity index (χ2v) is 5.26. The van der Waals surface area contributed by atoms with E-state index in [1.54, 1.807) is 12.4 Å². The third-order valence-electron chi connectivity index (χ3n) is 3.62. The number of aromatic nitrogens is 2. The molecule has 1 saturated heterocycles. The molecule has 1 atom stereocenters. The molecule has 3 heterocycles. The average molecular weight is 275 g/mol. The average Bonchev–Trinajstić information content (AvgIpc) is 3.08. The van der Waals surface area contributed by atoms with Gasteiger partial charge in [0, 0.05) is 37.1 Å². The molecule has 2 N–H and O–H groups in total. The van der Waals surface area contributed by atoms with Crippen LogP contribution in [0.1, 0.15) is 12.2 Å². The van der Waals surface area contributed by atoms with Crippen LogP contribution in [-0.4, -0.2) is 50.6 Å². The molecule has 106 valence electrons. The molecule has 2 aromatic rings. The molecule has 0 unspecified atom stereocenters. The molecule has 6 heteroatoms. The Kier molecular flexibility index (Phi) is 3.52. The summed E-state index contributed by atoms with van der Waals surface area (Å²) < 4.78 is 5.33. The zero-order valence-electron chi connectivity index (χ0n) is 11.1. The van der Waals surface area contributed by atoms with Crippen molar-refractivity contribution in [3.05, 3.63) is 36.4 Å². The molecule has 1 aliphatic heterocycles. The minimum atomic E-state index is -0.978. The summed E-state index contributed by atoms with van der Waals surface area (Å²) >= 11 is 0. The topological polar surface area (TPSA) is 82.6 Å². The molecule has 0 amide bonds. The maximum absolute atomic E-state index is 9.99.